The lowest BCUT2D eigenvalue weighted by Gasteiger charge is -2.45. The number of ether oxygens (including phenoxy) is 2. The van der Waals surface area contributed by atoms with Gasteiger partial charge in [-0.3, -0.25) is 4.79 Å². The number of carbonyl (C=O) groups is 1. The van der Waals surface area contributed by atoms with Crippen molar-refractivity contribution in [1.82, 2.24) is 4.90 Å². The summed E-state index contributed by atoms with van der Waals surface area (Å²) in [6, 6.07) is 0.136. The van der Waals surface area contributed by atoms with Gasteiger partial charge in [0.1, 0.15) is 6.10 Å². The Bertz CT molecular complexity index is 368. The fourth-order valence-corrected chi connectivity index (χ4v) is 3.43. The highest BCUT2D eigenvalue weighted by Crippen LogP contribution is 2.41. The van der Waals surface area contributed by atoms with Crippen LogP contribution in [0.15, 0.2) is 0 Å². The van der Waals surface area contributed by atoms with Crippen LogP contribution in [-0.2, 0) is 14.3 Å². The number of hydrogen-bond acceptors (Lipinski definition) is 3. The van der Waals surface area contributed by atoms with Gasteiger partial charge in [0.25, 0.3) is 0 Å². The van der Waals surface area contributed by atoms with Gasteiger partial charge >= 0.3 is 0 Å². The molecule has 4 nitrogen and oxygen atoms in total. The third-order valence-corrected chi connectivity index (χ3v) is 4.75. The number of nitrogens with zero attached hydrogens (tertiary/aromatic N) is 1. The summed E-state index contributed by atoms with van der Waals surface area (Å²) in [5.74, 6) is 1.90. The molecule has 0 aromatic carbocycles. The lowest BCUT2D eigenvalue weighted by Crippen LogP contribution is -2.60. The van der Waals surface area contributed by atoms with Crippen molar-refractivity contribution in [3.63, 3.8) is 0 Å². The maximum absolute atomic E-state index is 12.5. The van der Waals surface area contributed by atoms with E-state index in [9.17, 15) is 4.79 Å². The Hall–Kier alpha value is -0.610. The van der Waals surface area contributed by atoms with Gasteiger partial charge in [0.15, 0.2) is 0 Å². The molecule has 19 heavy (non-hydrogen) atoms. The smallest absolute Gasteiger partial charge is 0.223 e. The number of morpholine rings is 1. The summed E-state index contributed by atoms with van der Waals surface area (Å²) in [4.78, 5) is 14.5. The third-order valence-electron chi connectivity index (χ3n) is 4.75. The molecule has 1 saturated carbocycles. The first-order chi connectivity index (χ1) is 8.96. The molecular formula is C15H25NO3. The number of rotatable bonds is 3. The van der Waals surface area contributed by atoms with Crippen LogP contribution < -0.4 is 0 Å². The molecule has 1 aliphatic carbocycles. The molecule has 3 fully saturated rings. The minimum Gasteiger partial charge on any atom is -0.376 e. The van der Waals surface area contributed by atoms with Crippen molar-refractivity contribution in [2.75, 3.05) is 19.8 Å². The molecule has 1 amide bonds. The van der Waals surface area contributed by atoms with Crippen molar-refractivity contribution >= 4 is 5.91 Å². The van der Waals surface area contributed by atoms with Crippen molar-refractivity contribution in [2.45, 2.75) is 57.8 Å². The first-order valence-corrected chi connectivity index (χ1v) is 7.51. The summed E-state index contributed by atoms with van der Waals surface area (Å²) < 4.78 is 11.5. The largest absolute Gasteiger partial charge is 0.376 e. The average molecular weight is 267 g/mol. The molecule has 3 rings (SSSR count). The summed E-state index contributed by atoms with van der Waals surface area (Å²) in [6.45, 7) is 8.34. The van der Waals surface area contributed by atoms with Crippen LogP contribution in [0.25, 0.3) is 0 Å². The molecule has 0 N–H and O–H groups in total. The topological polar surface area (TPSA) is 38.8 Å². The lowest BCUT2D eigenvalue weighted by atomic mass is 10.00. The zero-order valence-electron chi connectivity index (χ0n) is 12.2. The van der Waals surface area contributed by atoms with Crippen molar-refractivity contribution in [2.24, 2.45) is 11.8 Å². The minimum atomic E-state index is -0.253. The Morgan fingerprint density at radius 3 is 2.79 bits per heavy atom. The standard InChI is InChI=1S/C15H25NO3/c1-10-6-11(10)4-5-14(17)16-9-15(2,3)19-13-8-18-7-12(13)16/h10-13H,4-9H2,1-3H3/t10-,11-,12-,13-/m1/s1. The van der Waals surface area contributed by atoms with Gasteiger partial charge in [0, 0.05) is 13.0 Å². The Labute approximate surface area is 115 Å². The Kier molecular flexibility index (Phi) is 3.34. The second-order valence-corrected chi connectivity index (χ2v) is 7.05. The van der Waals surface area contributed by atoms with E-state index in [1.807, 2.05) is 4.90 Å². The summed E-state index contributed by atoms with van der Waals surface area (Å²) in [7, 11) is 0. The zero-order valence-corrected chi connectivity index (χ0v) is 12.2. The van der Waals surface area contributed by atoms with Crippen LogP contribution in [-0.4, -0.2) is 48.3 Å². The van der Waals surface area contributed by atoms with Gasteiger partial charge in [0.05, 0.1) is 24.9 Å². The molecule has 0 aromatic rings. The van der Waals surface area contributed by atoms with E-state index in [1.54, 1.807) is 0 Å². The number of amides is 1. The van der Waals surface area contributed by atoms with E-state index < -0.39 is 0 Å². The van der Waals surface area contributed by atoms with Gasteiger partial charge in [-0.05, 0) is 38.5 Å². The average Bonchev–Trinajstić information content (AvgIpc) is 2.84. The summed E-state index contributed by atoms with van der Waals surface area (Å²) >= 11 is 0. The molecule has 2 heterocycles. The van der Waals surface area contributed by atoms with Crippen molar-refractivity contribution in [1.29, 1.82) is 0 Å². The molecule has 4 heteroatoms. The maximum atomic E-state index is 12.5. The second-order valence-electron chi connectivity index (χ2n) is 7.05. The van der Waals surface area contributed by atoms with Gasteiger partial charge in [-0.1, -0.05) is 6.92 Å². The van der Waals surface area contributed by atoms with Crippen molar-refractivity contribution in [3.05, 3.63) is 0 Å². The number of fused-ring (bicyclic) bond motifs is 1. The Balaban J connectivity index is 1.61. The van der Waals surface area contributed by atoms with Gasteiger partial charge in [-0.2, -0.15) is 0 Å². The lowest BCUT2D eigenvalue weighted by molar-refractivity contribution is -0.169. The summed E-state index contributed by atoms with van der Waals surface area (Å²) in [6.07, 6.45) is 3.11. The molecule has 0 unspecified atom stereocenters. The highest BCUT2D eigenvalue weighted by atomic mass is 16.6. The predicted molar refractivity (Wildman–Crippen MR) is 71.8 cm³/mol. The Morgan fingerprint density at radius 2 is 2.11 bits per heavy atom. The molecule has 108 valence electrons. The van der Waals surface area contributed by atoms with E-state index in [1.165, 1.54) is 6.42 Å². The van der Waals surface area contributed by atoms with Crippen LogP contribution in [0.2, 0.25) is 0 Å². The van der Waals surface area contributed by atoms with Crippen LogP contribution in [0, 0.1) is 11.8 Å². The van der Waals surface area contributed by atoms with E-state index in [0.29, 0.717) is 26.2 Å². The van der Waals surface area contributed by atoms with Crippen LogP contribution in [0.3, 0.4) is 0 Å². The highest BCUT2D eigenvalue weighted by Gasteiger charge is 2.46. The maximum Gasteiger partial charge on any atom is 0.223 e. The summed E-state index contributed by atoms with van der Waals surface area (Å²) in [5, 5.41) is 0. The SMILES string of the molecule is C[C@@H]1C[C@H]1CCC(=O)N1CC(C)(C)O[C@@H]2COC[C@H]21. The van der Waals surface area contributed by atoms with Crippen LogP contribution >= 0.6 is 0 Å². The van der Waals surface area contributed by atoms with E-state index in [4.69, 9.17) is 9.47 Å². The van der Waals surface area contributed by atoms with E-state index >= 15 is 0 Å². The van der Waals surface area contributed by atoms with E-state index in [2.05, 4.69) is 20.8 Å². The van der Waals surface area contributed by atoms with Gasteiger partial charge in [-0.25, -0.2) is 0 Å². The molecule has 0 aromatic heterocycles. The molecule has 0 radical (unpaired) electrons. The fourth-order valence-electron chi connectivity index (χ4n) is 3.43. The molecule has 2 aliphatic heterocycles. The normalized spacial score (nSPS) is 40.1. The molecule has 0 bridgehead atoms. The highest BCUT2D eigenvalue weighted by molar-refractivity contribution is 5.77. The first kappa shape index (κ1) is 13.4. The predicted octanol–water partition coefficient (Wildman–Crippen LogP) is 1.83. The van der Waals surface area contributed by atoms with E-state index in [0.717, 1.165) is 18.3 Å². The number of hydrogen-bond donors (Lipinski definition) is 0. The van der Waals surface area contributed by atoms with E-state index in [-0.39, 0.29) is 23.7 Å². The third kappa shape index (κ3) is 2.79. The molecule has 0 spiro atoms. The monoisotopic (exact) mass is 267 g/mol. The quantitative estimate of drug-likeness (QED) is 0.783. The van der Waals surface area contributed by atoms with Crippen molar-refractivity contribution < 1.29 is 14.3 Å². The van der Waals surface area contributed by atoms with Gasteiger partial charge in [-0.15, -0.1) is 0 Å². The molecule has 4 atom stereocenters. The van der Waals surface area contributed by atoms with Gasteiger partial charge < -0.3 is 14.4 Å². The minimum absolute atomic E-state index is 0.0625. The molecular weight excluding hydrogens is 242 g/mol. The number of carbonyl (C=O) groups excluding carboxylic acids is 1. The summed E-state index contributed by atoms with van der Waals surface area (Å²) in [5.41, 5.74) is -0.253. The van der Waals surface area contributed by atoms with Crippen LogP contribution in [0.5, 0.6) is 0 Å². The van der Waals surface area contributed by atoms with Crippen LogP contribution in [0.1, 0.15) is 40.0 Å². The van der Waals surface area contributed by atoms with Gasteiger partial charge in [0.2, 0.25) is 5.91 Å². The first-order valence-electron chi connectivity index (χ1n) is 7.51. The fraction of sp³-hybridized carbons (Fsp3) is 0.933. The molecule has 3 aliphatic rings. The zero-order chi connectivity index (χ0) is 13.6. The van der Waals surface area contributed by atoms with Crippen molar-refractivity contribution in [3.8, 4) is 0 Å². The molecule has 2 saturated heterocycles. The van der Waals surface area contributed by atoms with Crippen LogP contribution in [0.4, 0.5) is 0 Å². The Morgan fingerprint density at radius 1 is 1.37 bits per heavy atom. The second kappa shape index (κ2) is 4.74.